The van der Waals surface area contributed by atoms with Crippen LogP contribution in [0.2, 0.25) is 0 Å². The molecule has 21 heavy (non-hydrogen) atoms. The highest BCUT2D eigenvalue weighted by molar-refractivity contribution is 5.95. The molecular weight excluding hydrogens is 262 g/mol. The van der Waals surface area contributed by atoms with E-state index in [1.54, 1.807) is 0 Å². The highest BCUT2D eigenvalue weighted by Crippen LogP contribution is 2.61. The fourth-order valence-corrected chi connectivity index (χ4v) is 5.38. The highest BCUT2D eigenvalue weighted by atomic mass is 16.3. The van der Waals surface area contributed by atoms with Crippen molar-refractivity contribution in [2.75, 3.05) is 5.32 Å². The lowest BCUT2D eigenvalue weighted by Gasteiger charge is -2.59. The third kappa shape index (κ3) is 2.18. The summed E-state index contributed by atoms with van der Waals surface area (Å²) in [5, 5.41) is 13.8. The van der Waals surface area contributed by atoms with Crippen molar-refractivity contribution in [3.8, 4) is 0 Å². The number of amides is 1. The second kappa shape index (κ2) is 4.33. The topological polar surface area (TPSA) is 49.3 Å². The Labute approximate surface area is 125 Å². The van der Waals surface area contributed by atoms with Gasteiger partial charge in [-0.05, 0) is 69.4 Å². The summed E-state index contributed by atoms with van der Waals surface area (Å²) >= 11 is 0. The Hall–Kier alpha value is -1.35. The third-order valence-electron chi connectivity index (χ3n) is 5.82. The Kier molecular flexibility index (Phi) is 2.74. The Bertz CT molecular complexity index is 563. The van der Waals surface area contributed by atoms with Crippen LogP contribution in [0, 0.1) is 24.2 Å². The first-order valence-electron chi connectivity index (χ1n) is 8.07. The Morgan fingerprint density at radius 3 is 2.33 bits per heavy atom. The number of nitrogens with one attached hydrogen (secondary N) is 1. The molecule has 0 spiro atoms. The molecule has 0 heterocycles. The van der Waals surface area contributed by atoms with Gasteiger partial charge in [0, 0.05) is 5.69 Å². The second-order valence-corrected chi connectivity index (χ2v) is 7.79. The van der Waals surface area contributed by atoms with Gasteiger partial charge in [0.05, 0.1) is 11.0 Å². The molecule has 2 atom stereocenters. The number of hydrogen-bond acceptors (Lipinski definition) is 2. The van der Waals surface area contributed by atoms with E-state index in [4.69, 9.17) is 0 Å². The summed E-state index contributed by atoms with van der Waals surface area (Å²) in [7, 11) is 0. The molecule has 1 aromatic carbocycles. The fraction of sp³-hybridized carbons (Fsp3) is 0.611. The summed E-state index contributed by atoms with van der Waals surface area (Å²) in [6.45, 7) is 2.04. The first kappa shape index (κ1) is 13.3. The van der Waals surface area contributed by atoms with E-state index in [9.17, 15) is 9.90 Å². The van der Waals surface area contributed by atoms with Crippen LogP contribution in [0.15, 0.2) is 24.3 Å². The average molecular weight is 285 g/mol. The quantitative estimate of drug-likeness (QED) is 0.876. The van der Waals surface area contributed by atoms with Crippen LogP contribution in [0.1, 0.15) is 44.1 Å². The number of rotatable bonds is 2. The normalized spacial score (nSPS) is 40.3. The molecule has 0 aromatic heterocycles. The lowest BCUT2D eigenvalue weighted by molar-refractivity contribution is -0.174. The Morgan fingerprint density at radius 2 is 1.76 bits per heavy atom. The number of carbonyl (C=O) groups excluding carboxylic acids is 1. The molecule has 1 amide bonds. The first-order chi connectivity index (χ1) is 9.96. The van der Waals surface area contributed by atoms with Crippen LogP contribution in [0.5, 0.6) is 0 Å². The average Bonchev–Trinajstić information content (AvgIpc) is 2.38. The number of hydrogen-bond donors (Lipinski definition) is 2. The molecule has 4 aliphatic rings. The van der Waals surface area contributed by atoms with E-state index in [2.05, 4.69) is 5.32 Å². The second-order valence-electron chi connectivity index (χ2n) is 7.79. The van der Waals surface area contributed by atoms with E-state index in [0.717, 1.165) is 31.4 Å². The number of benzene rings is 1. The van der Waals surface area contributed by atoms with Gasteiger partial charge in [-0.1, -0.05) is 17.7 Å². The molecule has 0 aliphatic heterocycles. The minimum atomic E-state index is -0.575. The lowest BCUT2D eigenvalue weighted by Crippen LogP contribution is -2.59. The van der Waals surface area contributed by atoms with E-state index in [-0.39, 0.29) is 11.3 Å². The van der Waals surface area contributed by atoms with Gasteiger partial charge in [-0.25, -0.2) is 0 Å². The van der Waals surface area contributed by atoms with Crippen molar-refractivity contribution < 1.29 is 9.90 Å². The molecule has 4 aliphatic carbocycles. The van der Waals surface area contributed by atoms with Crippen LogP contribution < -0.4 is 5.32 Å². The minimum Gasteiger partial charge on any atom is -0.390 e. The van der Waals surface area contributed by atoms with Crippen molar-refractivity contribution in [3.05, 3.63) is 29.8 Å². The predicted molar refractivity (Wildman–Crippen MR) is 81.9 cm³/mol. The van der Waals surface area contributed by atoms with Gasteiger partial charge in [-0.3, -0.25) is 4.79 Å². The van der Waals surface area contributed by atoms with Gasteiger partial charge in [0.1, 0.15) is 0 Å². The molecule has 1 aromatic rings. The fourth-order valence-electron chi connectivity index (χ4n) is 5.38. The molecule has 4 saturated carbocycles. The van der Waals surface area contributed by atoms with Crippen LogP contribution in [-0.4, -0.2) is 16.6 Å². The molecule has 0 radical (unpaired) electrons. The van der Waals surface area contributed by atoms with E-state index in [1.807, 2.05) is 31.2 Å². The monoisotopic (exact) mass is 285 g/mol. The van der Waals surface area contributed by atoms with E-state index >= 15 is 0 Å². The maximum absolute atomic E-state index is 12.9. The smallest absolute Gasteiger partial charge is 0.230 e. The summed E-state index contributed by atoms with van der Waals surface area (Å²) in [4.78, 5) is 12.9. The lowest BCUT2D eigenvalue weighted by atomic mass is 9.47. The van der Waals surface area contributed by atoms with Gasteiger partial charge < -0.3 is 10.4 Å². The van der Waals surface area contributed by atoms with Crippen LogP contribution in [-0.2, 0) is 4.79 Å². The Morgan fingerprint density at radius 1 is 1.14 bits per heavy atom. The van der Waals surface area contributed by atoms with Crippen molar-refractivity contribution in [2.24, 2.45) is 17.3 Å². The van der Waals surface area contributed by atoms with Crippen molar-refractivity contribution in [1.82, 2.24) is 0 Å². The van der Waals surface area contributed by atoms with E-state index < -0.39 is 5.60 Å². The van der Waals surface area contributed by atoms with Crippen LogP contribution in [0.3, 0.4) is 0 Å². The van der Waals surface area contributed by atoms with Gasteiger partial charge in [0.25, 0.3) is 0 Å². The van der Waals surface area contributed by atoms with Crippen molar-refractivity contribution in [3.63, 3.8) is 0 Å². The standard InChI is InChI=1S/C18H23NO2/c1-12-2-4-15(5-3-12)19-16(20)17-7-13-6-14(8-17)10-18(21,9-13)11-17/h2-5,13-14,21H,6-11H2,1H3,(H,19,20). The maximum Gasteiger partial charge on any atom is 0.230 e. The van der Waals surface area contributed by atoms with Crippen LogP contribution in [0.4, 0.5) is 5.69 Å². The van der Waals surface area contributed by atoms with Gasteiger partial charge >= 0.3 is 0 Å². The van der Waals surface area contributed by atoms with Crippen LogP contribution in [0.25, 0.3) is 0 Å². The van der Waals surface area contributed by atoms with Gasteiger partial charge in [-0.15, -0.1) is 0 Å². The van der Waals surface area contributed by atoms with Crippen molar-refractivity contribution >= 4 is 11.6 Å². The van der Waals surface area contributed by atoms with E-state index in [1.165, 1.54) is 12.0 Å². The molecule has 2 unspecified atom stereocenters. The molecule has 4 fully saturated rings. The molecule has 0 saturated heterocycles. The largest absolute Gasteiger partial charge is 0.390 e. The summed E-state index contributed by atoms with van der Waals surface area (Å²) in [6, 6.07) is 7.95. The SMILES string of the molecule is Cc1ccc(NC(=O)C23CC4CC(CC(O)(C4)C2)C3)cc1. The zero-order chi connectivity index (χ0) is 14.7. The molecule has 3 nitrogen and oxygen atoms in total. The molecule has 2 N–H and O–H groups in total. The minimum absolute atomic E-state index is 0.124. The molecule has 112 valence electrons. The zero-order valence-electron chi connectivity index (χ0n) is 12.6. The summed E-state index contributed by atoms with van der Waals surface area (Å²) in [5.74, 6) is 1.21. The van der Waals surface area contributed by atoms with Gasteiger partial charge in [0.15, 0.2) is 0 Å². The number of anilines is 1. The third-order valence-corrected chi connectivity index (χ3v) is 5.82. The number of aliphatic hydroxyl groups is 1. The molecular formula is C18H23NO2. The highest BCUT2D eigenvalue weighted by Gasteiger charge is 2.60. The summed E-state index contributed by atoms with van der Waals surface area (Å²) < 4.78 is 0. The number of carbonyl (C=O) groups is 1. The molecule has 3 heteroatoms. The van der Waals surface area contributed by atoms with E-state index in [0.29, 0.717) is 18.3 Å². The van der Waals surface area contributed by atoms with Crippen molar-refractivity contribution in [2.45, 2.75) is 51.0 Å². The zero-order valence-corrected chi connectivity index (χ0v) is 12.6. The summed E-state index contributed by atoms with van der Waals surface area (Å²) in [6.07, 6.45) is 5.60. The Balaban J connectivity index is 1.57. The van der Waals surface area contributed by atoms with Gasteiger partial charge in [-0.2, -0.15) is 0 Å². The number of aryl methyl sites for hydroxylation is 1. The van der Waals surface area contributed by atoms with Gasteiger partial charge in [0.2, 0.25) is 5.91 Å². The summed E-state index contributed by atoms with van der Waals surface area (Å²) in [5.41, 5.74) is 1.16. The van der Waals surface area contributed by atoms with Crippen molar-refractivity contribution in [1.29, 1.82) is 0 Å². The first-order valence-corrected chi connectivity index (χ1v) is 8.07. The maximum atomic E-state index is 12.9. The molecule has 4 bridgehead atoms. The van der Waals surface area contributed by atoms with Crippen LogP contribution >= 0.6 is 0 Å². The predicted octanol–water partition coefficient (Wildman–Crippen LogP) is 3.26. The molecule has 5 rings (SSSR count).